The van der Waals surface area contributed by atoms with Gasteiger partial charge in [0.1, 0.15) is 11.6 Å². The Morgan fingerprint density at radius 3 is 2.93 bits per heavy atom. The average molecular weight is 198 g/mol. The van der Waals surface area contributed by atoms with E-state index in [0.29, 0.717) is 5.56 Å². The third-order valence-electron chi connectivity index (χ3n) is 1.58. The third-order valence-corrected chi connectivity index (χ3v) is 1.58. The standard InChI is InChI=1S/C9H8F2N2O/c1-6-2-3-13-9(7(6)4-12)14-5-8(10)11/h2-3,8H,5H2,1H3. The van der Waals surface area contributed by atoms with Crippen LogP contribution in [0, 0.1) is 18.3 Å². The highest BCUT2D eigenvalue weighted by Crippen LogP contribution is 2.17. The molecule has 0 aliphatic rings. The Labute approximate surface area is 79.9 Å². The highest BCUT2D eigenvalue weighted by atomic mass is 19.3. The molecule has 0 bridgehead atoms. The number of nitriles is 1. The first-order valence-corrected chi connectivity index (χ1v) is 3.91. The summed E-state index contributed by atoms with van der Waals surface area (Å²) in [6, 6.07) is 3.47. The van der Waals surface area contributed by atoms with Gasteiger partial charge in [-0.05, 0) is 18.6 Å². The fraction of sp³-hybridized carbons (Fsp3) is 0.333. The van der Waals surface area contributed by atoms with Crippen LogP contribution in [0.15, 0.2) is 12.3 Å². The highest BCUT2D eigenvalue weighted by molar-refractivity contribution is 5.43. The quantitative estimate of drug-likeness (QED) is 0.745. The Morgan fingerprint density at radius 2 is 2.36 bits per heavy atom. The first-order valence-electron chi connectivity index (χ1n) is 3.91. The van der Waals surface area contributed by atoms with E-state index < -0.39 is 13.0 Å². The zero-order valence-corrected chi connectivity index (χ0v) is 7.50. The van der Waals surface area contributed by atoms with Crippen LogP contribution in [0.3, 0.4) is 0 Å². The fourth-order valence-electron chi connectivity index (χ4n) is 0.921. The number of ether oxygens (including phenoxy) is 1. The summed E-state index contributed by atoms with van der Waals surface area (Å²) in [5, 5.41) is 8.71. The number of aromatic nitrogens is 1. The minimum atomic E-state index is -2.57. The van der Waals surface area contributed by atoms with Crippen molar-refractivity contribution in [3.63, 3.8) is 0 Å². The van der Waals surface area contributed by atoms with Crippen molar-refractivity contribution in [3.05, 3.63) is 23.4 Å². The van der Waals surface area contributed by atoms with Crippen LogP contribution in [0.5, 0.6) is 5.88 Å². The monoisotopic (exact) mass is 198 g/mol. The fourth-order valence-corrected chi connectivity index (χ4v) is 0.921. The van der Waals surface area contributed by atoms with Crippen molar-refractivity contribution in [2.75, 3.05) is 6.61 Å². The second kappa shape index (κ2) is 4.51. The number of halogens is 2. The van der Waals surface area contributed by atoms with E-state index in [-0.39, 0.29) is 11.4 Å². The Hall–Kier alpha value is -1.70. The van der Waals surface area contributed by atoms with E-state index in [1.54, 1.807) is 13.0 Å². The summed E-state index contributed by atoms with van der Waals surface area (Å²) >= 11 is 0. The topological polar surface area (TPSA) is 45.9 Å². The molecule has 0 unspecified atom stereocenters. The number of aryl methyl sites for hydroxylation is 1. The van der Waals surface area contributed by atoms with Crippen LogP contribution in [0.4, 0.5) is 8.78 Å². The molecule has 0 fully saturated rings. The zero-order valence-electron chi connectivity index (χ0n) is 7.50. The van der Waals surface area contributed by atoms with Gasteiger partial charge in [0.05, 0.1) is 0 Å². The van der Waals surface area contributed by atoms with Crippen LogP contribution >= 0.6 is 0 Å². The van der Waals surface area contributed by atoms with E-state index in [2.05, 4.69) is 9.72 Å². The summed E-state index contributed by atoms with van der Waals surface area (Å²) < 4.78 is 28.3. The summed E-state index contributed by atoms with van der Waals surface area (Å²) in [7, 11) is 0. The molecule has 1 aromatic heterocycles. The smallest absolute Gasteiger partial charge is 0.272 e. The molecule has 0 aromatic carbocycles. The number of hydrogen-bond acceptors (Lipinski definition) is 3. The molecule has 0 N–H and O–H groups in total. The summed E-state index contributed by atoms with van der Waals surface area (Å²) in [5.41, 5.74) is 0.861. The molecule has 0 aliphatic heterocycles. The molecule has 0 saturated carbocycles. The molecule has 1 heterocycles. The van der Waals surface area contributed by atoms with Crippen molar-refractivity contribution in [1.29, 1.82) is 5.26 Å². The van der Waals surface area contributed by atoms with Crippen molar-refractivity contribution in [2.24, 2.45) is 0 Å². The van der Waals surface area contributed by atoms with Gasteiger partial charge in [-0.15, -0.1) is 0 Å². The molecule has 0 amide bonds. The van der Waals surface area contributed by atoms with E-state index in [0.717, 1.165) is 0 Å². The summed E-state index contributed by atoms with van der Waals surface area (Å²) in [4.78, 5) is 3.70. The molecule has 3 nitrogen and oxygen atoms in total. The number of nitrogens with zero attached hydrogens (tertiary/aromatic N) is 2. The van der Waals surface area contributed by atoms with Crippen LogP contribution in [0.25, 0.3) is 0 Å². The highest BCUT2D eigenvalue weighted by Gasteiger charge is 2.10. The number of hydrogen-bond donors (Lipinski definition) is 0. The van der Waals surface area contributed by atoms with Crippen molar-refractivity contribution >= 4 is 0 Å². The van der Waals surface area contributed by atoms with E-state index in [1.807, 2.05) is 6.07 Å². The Bertz CT molecular complexity index is 360. The lowest BCUT2D eigenvalue weighted by atomic mass is 10.2. The lowest BCUT2D eigenvalue weighted by Crippen LogP contribution is -2.09. The number of alkyl halides is 2. The van der Waals surface area contributed by atoms with E-state index >= 15 is 0 Å². The number of rotatable bonds is 3. The minimum Gasteiger partial charge on any atom is -0.471 e. The Balaban J connectivity index is 2.87. The van der Waals surface area contributed by atoms with Crippen LogP contribution in [-0.4, -0.2) is 18.0 Å². The summed E-state index contributed by atoms with van der Waals surface area (Å²) in [6.45, 7) is 0.945. The van der Waals surface area contributed by atoms with Crippen molar-refractivity contribution < 1.29 is 13.5 Å². The SMILES string of the molecule is Cc1ccnc(OCC(F)F)c1C#N. The van der Waals surface area contributed by atoms with Gasteiger partial charge in [-0.2, -0.15) is 5.26 Å². The summed E-state index contributed by atoms with van der Waals surface area (Å²) in [5.74, 6) is -0.0344. The first-order chi connectivity index (χ1) is 6.65. The van der Waals surface area contributed by atoms with Gasteiger partial charge in [-0.3, -0.25) is 0 Å². The van der Waals surface area contributed by atoms with Crippen molar-refractivity contribution in [1.82, 2.24) is 4.98 Å². The zero-order chi connectivity index (χ0) is 10.6. The Kier molecular flexibility index (Phi) is 3.35. The molecule has 0 spiro atoms. The maximum absolute atomic E-state index is 11.8. The Morgan fingerprint density at radius 1 is 1.64 bits per heavy atom. The summed E-state index contributed by atoms with van der Waals surface area (Å²) in [6.07, 6.45) is -1.15. The van der Waals surface area contributed by atoms with Crippen LogP contribution in [0.2, 0.25) is 0 Å². The van der Waals surface area contributed by atoms with Gasteiger partial charge in [0.25, 0.3) is 6.43 Å². The largest absolute Gasteiger partial charge is 0.471 e. The van der Waals surface area contributed by atoms with Crippen molar-refractivity contribution in [2.45, 2.75) is 13.3 Å². The first kappa shape index (κ1) is 10.4. The lowest BCUT2D eigenvalue weighted by Gasteiger charge is -2.06. The molecule has 1 rings (SSSR count). The van der Waals surface area contributed by atoms with Gasteiger partial charge in [-0.1, -0.05) is 0 Å². The molecule has 0 saturated heterocycles. The van der Waals surface area contributed by atoms with E-state index in [9.17, 15) is 8.78 Å². The third kappa shape index (κ3) is 2.39. The minimum absolute atomic E-state index is 0.0344. The maximum Gasteiger partial charge on any atom is 0.272 e. The van der Waals surface area contributed by atoms with Gasteiger partial charge >= 0.3 is 0 Å². The molecule has 0 radical (unpaired) electrons. The van der Waals surface area contributed by atoms with Gasteiger partial charge in [0.15, 0.2) is 6.61 Å². The number of pyridine rings is 1. The second-order valence-corrected chi connectivity index (χ2v) is 2.62. The van der Waals surface area contributed by atoms with Crippen LogP contribution in [-0.2, 0) is 0 Å². The molecule has 1 aromatic rings. The van der Waals surface area contributed by atoms with Gasteiger partial charge < -0.3 is 4.74 Å². The molecule has 0 aliphatic carbocycles. The lowest BCUT2D eigenvalue weighted by molar-refractivity contribution is 0.0794. The van der Waals surface area contributed by atoms with Gasteiger partial charge in [-0.25, -0.2) is 13.8 Å². The second-order valence-electron chi connectivity index (χ2n) is 2.62. The predicted molar refractivity (Wildman–Crippen MR) is 45.2 cm³/mol. The normalized spacial score (nSPS) is 9.93. The van der Waals surface area contributed by atoms with Gasteiger partial charge in [0.2, 0.25) is 5.88 Å². The van der Waals surface area contributed by atoms with Crippen LogP contribution < -0.4 is 4.74 Å². The molecular weight excluding hydrogens is 190 g/mol. The maximum atomic E-state index is 11.8. The van der Waals surface area contributed by atoms with Crippen LogP contribution in [0.1, 0.15) is 11.1 Å². The van der Waals surface area contributed by atoms with E-state index in [1.165, 1.54) is 6.20 Å². The molecule has 0 atom stereocenters. The molecule has 74 valence electrons. The molecular formula is C9H8F2N2O. The molecule has 5 heteroatoms. The van der Waals surface area contributed by atoms with E-state index in [4.69, 9.17) is 5.26 Å². The average Bonchev–Trinajstić information content (AvgIpc) is 2.14. The molecule has 14 heavy (non-hydrogen) atoms. The predicted octanol–water partition coefficient (Wildman–Crippen LogP) is 1.91. The van der Waals surface area contributed by atoms with Gasteiger partial charge in [0, 0.05) is 6.20 Å². The van der Waals surface area contributed by atoms with Crippen molar-refractivity contribution in [3.8, 4) is 11.9 Å².